The van der Waals surface area contributed by atoms with E-state index in [2.05, 4.69) is 26.6 Å². The topological polar surface area (TPSA) is 41.1 Å². The molecule has 7 heteroatoms. The van der Waals surface area contributed by atoms with Crippen LogP contribution in [0.2, 0.25) is 0 Å². The van der Waals surface area contributed by atoms with Crippen LogP contribution in [0, 0.1) is 11.6 Å². The van der Waals surface area contributed by atoms with Gasteiger partial charge in [-0.25, -0.2) is 13.6 Å². The predicted molar refractivity (Wildman–Crippen MR) is 61.8 cm³/mol. The van der Waals surface area contributed by atoms with Crippen LogP contribution >= 0.6 is 27.5 Å². The normalized spacial score (nSPS) is 10.0. The van der Waals surface area contributed by atoms with Gasteiger partial charge >= 0.3 is 6.03 Å². The number of hydrogen-bond acceptors (Lipinski definition) is 1. The molecule has 1 rings (SSSR count). The molecule has 0 aliphatic heterocycles. The fraction of sp³-hybridized carbons (Fsp3) is 0.222. The van der Waals surface area contributed by atoms with Gasteiger partial charge in [-0.1, -0.05) is 15.9 Å². The number of halogens is 4. The average Bonchev–Trinajstić information content (AvgIpc) is 2.20. The number of amides is 2. The van der Waals surface area contributed by atoms with Gasteiger partial charge in [-0.2, -0.15) is 0 Å². The monoisotopic (exact) mass is 312 g/mol. The molecule has 0 spiro atoms. The minimum absolute atomic E-state index is 0.215. The Morgan fingerprint density at radius 1 is 1.38 bits per heavy atom. The first-order valence-electron chi connectivity index (χ1n) is 4.30. The van der Waals surface area contributed by atoms with E-state index in [-0.39, 0.29) is 16.9 Å². The van der Waals surface area contributed by atoms with Crippen molar-refractivity contribution in [3.63, 3.8) is 0 Å². The van der Waals surface area contributed by atoms with E-state index in [9.17, 15) is 13.6 Å². The van der Waals surface area contributed by atoms with Crippen molar-refractivity contribution < 1.29 is 13.6 Å². The zero-order valence-corrected chi connectivity index (χ0v) is 10.3. The highest BCUT2D eigenvalue weighted by atomic mass is 79.9. The lowest BCUT2D eigenvalue weighted by Crippen LogP contribution is -2.30. The second-order valence-corrected chi connectivity index (χ2v) is 4.11. The molecule has 1 aromatic rings. The molecule has 2 amide bonds. The van der Waals surface area contributed by atoms with Gasteiger partial charge in [-0.05, 0) is 12.1 Å². The highest BCUT2D eigenvalue weighted by Gasteiger charge is 2.12. The summed E-state index contributed by atoms with van der Waals surface area (Å²) in [6.45, 7) is 0.215. The lowest BCUT2D eigenvalue weighted by molar-refractivity contribution is 0.252. The van der Waals surface area contributed by atoms with Gasteiger partial charge in [0.15, 0.2) is 11.6 Å². The Labute approximate surface area is 104 Å². The van der Waals surface area contributed by atoms with Gasteiger partial charge in [0.2, 0.25) is 0 Å². The Morgan fingerprint density at radius 3 is 2.44 bits per heavy atom. The lowest BCUT2D eigenvalue weighted by atomic mass is 10.3. The first-order valence-corrected chi connectivity index (χ1v) is 5.62. The van der Waals surface area contributed by atoms with E-state index in [1.807, 2.05) is 0 Å². The molecule has 0 saturated carbocycles. The third kappa shape index (κ3) is 3.61. The SMILES string of the molecule is O=C(NCCCl)Nc1c(F)cc(Br)cc1F. The van der Waals surface area contributed by atoms with Crippen molar-refractivity contribution in [2.24, 2.45) is 0 Å². The second kappa shape index (κ2) is 6.00. The Balaban J connectivity index is 2.77. The van der Waals surface area contributed by atoms with E-state index in [0.29, 0.717) is 0 Å². The number of nitrogens with one attached hydrogen (secondary N) is 2. The van der Waals surface area contributed by atoms with Gasteiger partial charge in [-0.3, -0.25) is 0 Å². The van der Waals surface area contributed by atoms with Gasteiger partial charge < -0.3 is 10.6 Å². The summed E-state index contributed by atoms with van der Waals surface area (Å²) in [6, 6.07) is 1.40. The number of rotatable bonds is 3. The van der Waals surface area contributed by atoms with Crippen LogP contribution in [0.15, 0.2) is 16.6 Å². The molecule has 1 aromatic carbocycles. The molecule has 0 radical (unpaired) electrons. The standard InChI is InChI=1S/C9H8BrClF2N2O/c10-5-3-6(12)8(7(13)4-5)15-9(16)14-2-1-11/h3-4H,1-2H2,(H2,14,15,16). The molecule has 0 bridgehead atoms. The molecule has 0 heterocycles. The summed E-state index contributed by atoms with van der Waals surface area (Å²) in [5.74, 6) is -1.49. The fourth-order valence-corrected chi connectivity index (χ4v) is 1.48. The summed E-state index contributed by atoms with van der Waals surface area (Å²) in [4.78, 5) is 11.1. The van der Waals surface area contributed by atoms with Crippen LogP contribution in [0.4, 0.5) is 19.3 Å². The summed E-state index contributed by atoms with van der Waals surface area (Å²) in [7, 11) is 0. The van der Waals surface area contributed by atoms with Crippen LogP contribution in [0.5, 0.6) is 0 Å². The molecule has 3 nitrogen and oxygen atoms in total. The van der Waals surface area contributed by atoms with Crippen LogP contribution in [0.3, 0.4) is 0 Å². The Morgan fingerprint density at radius 2 is 1.94 bits per heavy atom. The number of carbonyl (C=O) groups is 1. The van der Waals surface area contributed by atoms with Crippen molar-refractivity contribution in [1.82, 2.24) is 5.32 Å². The number of hydrogen-bond donors (Lipinski definition) is 2. The van der Waals surface area contributed by atoms with Crippen molar-refractivity contribution >= 4 is 39.2 Å². The molecule has 0 fully saturated rings. The average molecular weight is 314 g/mol. The van der Waals surface area contributed by atoms with Gasteiger partial charge in [0.1, 0.15) is 5.69 Å². The minimum Gasteiger partial charge on any atom is -0.337 e. The number of alkyl halides is 1. The number of carbonyl (C=O) groups excluding carboxylic acids is 1. The molecule has 2 N–H and O–H groups in total. The molecular formula is C9H8BrClF2N2O. The minimum atomic E-state index is -0.854. The van der Waals surface area contributed by atoms with Crippen LogP contribution < -0.4 is 10.6 Å². The highest BCUT2D eigenvalue weighted by Crippen LogP contribution is 2.23. The second-order valence-electron chi connectivity index (χ2n) is 2.81. The Bertz CT molecular complexity index is 380. The first kappa shape index (κ1) is 13.2. The van der Waals surface area contributed by atoms with Crippen molar-refractivity contribution in [3.05, 3.63) is 28.2 Å². The summed E-state index contributed by atoms with van der Waals surface area (Å²) >= 11 is 8.26. The van der Waals surface area contributed by atoms with Gasteiger partial charge in [-0.15, -0.1) is 11.6 Å². The third-order valence-corrected chi connectivity index (χ3v) is 2.27. The first-order chi connectivity index (χ1) is 7.54. The van der Waals surface area contributed by atoms with E-state index in [1.54, 1.807) is 0 Å². The van der Waals surface area contributed by atoms with Crippen LogP contribution in [-0.2, 0) is 0 Å². The molecular weight excluding hydrogens is 305 g/mol. The quantitative estimate of drug-likeness (QED) is 0.827. The maximum absolute atomic E-state index is 13.3. The van der Waals surface area contributed by atoms with Gasteiger partial charge in [0.05, 0.1) is 0 Å². The van der Waals surface area contributed by atoms with Crippen molar-refractivity contribution in [3.8, 4) is 0 Å². The van der Waals surface area contributed by atoms with Gasteiger partial charge in [0.25, 0.3) is 0 Å². The van der Waals surface area contributed by atoms with E-state index < -0.39 is 23.4 Å². The van der Waals surface area contributed by atoms with E-state index >= 15 is 0 Å². The molecule has 0 saturated heterocycles. The summed E-state index contributed by atoms with van der Waals surface area (Å²) < 4.78 is 26.8. The van der Waals surface area contributed by atoms with Gasteiger partial charge in [0, 0.05) is 16.9 Å². The number of benzene rings is 1. The molecule has 0 aliphatic rings. The van der Waals surface area contributed by atoms with Crippen molar-refractivity contribution in [2.75, 3.05) is 17.7 Å². The maximum Gasteiger partial charge on any atom is 0.319 e. The van der Waals surface area contributed by atoms with Crippen LogP contribution in [0.25, 0.3) is 0 Å². The fourth-order valence-electron chi connectivity index (χ4n) is 0.980. The predicted octanol–water partition coefficient (Wildman–Crippen LogP) is 3.09. The third-order valence-electron chi connectivity index (χ3n) is 1.63. The highest BCUT2D eigenvalue weighted by molar-refractivity contribution is 9.10. The van der Waals surface area contributed by atoms with E-state index in [0.717, 1.165) is 12.1 Å². The van der Waals surface area contributed by atoms with Crippen molar-refractivity contribution in [2.45, 2.75) is 0 Å². The Hall–Kier alpha value is -0.880. The van der Waals surface area contributed by atoms with E-state index in [1.165, 1.54) is 0 Å². The molecule has 0 aromatic heterocycles. The molecule has 0 atom stereocenters. The zero-order valence-electron chi connectivity index (χ0n) is 7.99. The lowest BCUT2D eigenvalue weighted by Gasteiger charge is -2.08. The maximum atomic E-state index is 13.3. The van der Waals surface area contributed by atoms with Crippen molar-refractivity contribution in [1.29, 1.82) is 0 Å². The molecule has 88 valence electrons. The summed E-state index contributed by atoms with van der Waals surface area (Å²) in [6.07, 6.45) is 0. The smallest absolute Gasteiger partial charge is 0.319 e. The zero-order chi connectivity index (χ0) is 12.1. The molecule has 0 unspecified atom stereocenters. The summed E-state index contributed by atoms with van der Waals surface area (Å²) in [5, 5.41) is 4.38. The number of anilines is 1. The van der Waals surface area contributed by atoms with E-state index in [4.69, 9.17) is 11.6 Å². The largest absolute Gasteiger partial charge is 0.337 e. The summed E-state index contributed by atoms with van der Waals surface area (Å²) in [5.41, 5.74) is -0.490. The Kier molecular flexibility index (Phi) is 4.95. The molecule has 0 aliphatic carbocycles. The van der Waals surface area contributed by atoms with Crippen LogP contribution in [0.1, 0.15) is 0 Å². The van der Waals surface area contributed by atoms with Crippen LogP contribution in [-0.4, -0.2) is 18.5 Å². The molecule has 16 heavy (non-hydrogen) atoms. The number of urea groups is 1.